The Morgan fingerprint density at radius 3 is 2.33 bits per heavy atom. The lowest BCUT2D eigenvalue weighted by atomic mass is 10.1. The minimum atomic E-state index is -4.57. The zero-order valence-electron chi connectivity index (χ0n) is 11.7. The van der Waals surface area contributed by atoms with Gasteiger partial charge in [-0.1, -0.05) is 13.3 Å². The first-order valence-electron chi connectivity index (χ1n) is 6.42. The molecule has 0 spiro atoms. The van der Waals surface area contributed by atoms with Gasteiger partial charge in [-0.05, 0) is 13.3 Å². The van der Waals surface area contributed by atoms with Gasteiger partial charge in [-0.15, -0.1) is 0 Å². The highest BCUT2D eigenvalue weighted by Crippen LogP contribution is 2.36. The van der Waals surface area contributed by atoms with Gasteiger partial charge in [0.25, 0.3) is 0 Å². The number of hydrogen-bond acceptors (Lipinski definition) is 4. The summed E-state index contributed by atoms with van der Waals surface area (Å²) in [6.07, 6.45) is -3.32. The fraction of sp³-hybridized carbons (Fsp3) is 0.538. The number of halogens is 3. The molecule has 1 aromatic carbocycles. The van der Waals surface area contributed by atoms with Crippen molar-refractivity contribution >= 4 is 5.69 Å². The summed E-state index contributed by atoms with van der Waals surface area (Å²) < 4.78 is 46.4. The number of alkyl halides is 3. The fourth-order valence-electron chi connectivity index (χ4n) is 1.77. The van der Waals surface area contributed by atoms with Crippen LogP contribution >= 0.6 is 0 Å². The summed E-state index contributed by atoms with van der Waals surface area (Å²) >= 11 is 0. The second-order valence-corrected chi connectivity index (χ2v) is 4.27. The van der Waals surface area contributed by atoms with Crippen molar-refractivity contribution in [2.24, 2.45) is 0 Å². The third-order valence-corrected chi connectivity index (χ3v) is 2.55. The van der Waals surface area contributed by atoms with Gasteiger partial charge in [-0.2, -0.15) is 13.2 Å². The summed E-state index contributed by atoms with van der Waals surface area (Å²) in [4.78, 5) is 10.2. The molecule has 0 amide bonds. The smallest absolute Gasteiger partial charge is 0.422 e. The lowest BCUT2D eigenvalue weighted by Gasteiger charge is -2.14. The summed E-state index contributed by atoms with van der Waals surface area (Å²) in [6, 6.07) is 2.36. The largest absolute Gasteiger partial charge is 0.493 e. The van der Waals surface area contributed by atoms with Crippen molar-refractivity contribution in [2.45, 2.75) is 32.9 Å². The Morgan fingerprint density at radius 2 is 1.86 bits per heavy atom. The second kappa shape index (κ2) is 7.14. The summed E-state index contributed by atoms with van der Waals surface area (Å²) in [6.45, 7) is 2.31. The highest BCUT2D eigenvalue weighted by Gasteiger charge is 2.30. The van der Waals surface area contributed by atoms with Gasteiger partial charge in [0.05, 0.1) is 11.5 Å². The van der Waals surface area contributed by atoms with E-state index >= 15 is 0 Å². The summed E-state index contributed by atoms with van der Waals surface area (Å²) in [5.41, 5.74) is 0.0801. The fourth-order valence-corrected chi connectivity index (χ4v) is 1.77. The van der Waals surface area contributed by atoms with Gasteiger partial charge in [0, 0.05) is 17.7 Å². The summed E-state index contributed by atoms with van der Waals surface area (Å²) in [5.74, 6) is -0.136. The van der Waals surface area contributed by atoms with E-state index in [0.29, 0.717) is 24.3 Å². The minimum Gasteiger partial charge on any atom is -0.493 e. The lowest BCUT2D eigenvalue weighted by molar-refractivity contribution is -0.386. The molecule has 8 heteroatoms. The summed E-state index contributed by atoms with van der Waals surface area (Å²) in [5, 5.41) is 11.0. The first-order valence-corrected chi connectivity index (χ1v) is 6.42. The predicted molar refractivity (Wildman–Crippen MR) is 69.8 cm³/mol. The van der Waals surface area contributed by atoms with Gasteiger partial charge in [-0.3, -0.25) is 10.1 Å². The molecule has 0 saturated carbocycles. The number of nitrogens with zero attached hydrogens (tertiary/aromatic N) is 1. The zero-order chi connectivity index (χ0) is 16.0. The van der Waals surface area contributed by atoms with Crippen molar-refractivity contribution < 1.29 is 27.6 Å². The Hall–Kier alpha value is -1.99. The molecular weight excluding hydrogens is 291 g/mol. The van der Waals surface area contributed by atoms with Crippen LogP contribution in [-0.4, -0.2) is 24.3 Å². The maximum absolute atomic E-state index is 12.2. The minimum absolute atomic E-state index is 0.299. The molecule has 0 aliphatic heterocycles. The Balaban J connectivity index is 3.19. The molecule has 0 N–H and O–H groups in total. The molecule has 0 saturated heterocycles. The quantitative estimate of drug-likeness (QED) is 0.566. The van der Waals surface area contributed by atoms with Crippen molar-refractivity contribution in [3.8, 4) is 11.5 Å². The molecule has 0 atom stereocenters. The number of aryl methyl sites for hydroxylation is 1. The lowest BCUT2D eigenvalue weighted by Crippen LogP contribution is -2.19. The predicted octanol–water partition coefficient (Wildman–Crippen LogP) is 3.89. The molecule has 1 aromatic rings. The van der Waals surface area contributed by atoms with E-state index in [9.17, 15) is 23.3 Å². The van der Waals surface area contributed by atoms with Gasteiger partial charge in [-0.25, -0.2) is 0 Å². The van der Waals surface area contributed by atoms with Crippen LogP contribution in [0.4, 0.5) is 18.9 Å². The van der Waals surface area contributed by atoms with Crippen molar-refractivity contribution in [1.82, 2.24) is 0 Å². The van der Waals surface area contributed by atoms with E-state index in [4.69, 9.17) is 4.74 Å². The van der Waals surface area contributed by atoms with Crippen molar-refractivity contribution in [1.29, 1.82) is 0 Å². The third-order valence-electron chi connectivity index (χ3n) is 2.55. The second-order valence-electron chi connectivity index (χ2n) is 4.27. The van der Waals surface area contributed by atoms with Crippen molar-refractivity contribution in [3.05, 3.63) is 27.8 Å². The Kier molecular flexibility index (Phi) is 5.80. The van der Waals surface area contributed by atoms with E-state index in [2.05, 4.69) is 4.74 Å². The van der Waals surface area contributed by atoms with Crippen LogP contribution in [0.15, 0.2) is 12.1 Å². The monoisotopic (exact) mass is 307 g/mol. The van der Waals surface area contributed by atoms with E-state index in [1.54, 1.807) is 6.92 Å². The average Bonchev–Trinajstić information content (AvgIpc) is 2.37. The Morgan fingerprint density at radius 1 is 1.19 bits per heavy atom. The molecule has 0 bridgehead atoms. The van der Waals surface area contributed by atoms with Crippen molar-refractivity contribution in [2.75, 3.05) is 13.2 Å². The van der Waals surface area contributed by atoms with Crippen LogP contribution in [0.3, 0.4) is 0 Å². The van der Waals surface area contributed by atoms with Crippen LogP contribution in [0.2, 0.25) is 0 Å². The van der Waals surface area contributed by atoms with Crippen LogP contribution in [0, 0.1) is 10.1 Å². The number of nitro benzene ring substituents is 1. The molecule has 1 rings (SSSR count). The number of hydrogen-bond donors (Lipinski definition) is 0. The molecule has 5 nitrogen and oxygen atoms in total. The SMILES string of the molecule is CCCc1cc([N+](=O)[O-])c(OCC(F)(F)F)cc1OCC. The normalized spacial score (nSPS) is 11.3. The van der Waals surface area contributed by atoms with Crippen LogP contribution < -0.4 is 9.47 Å². The molecule has 0 heterocycles. The van der Waals surface area contributed by atoms with Gasteiger partial charge in [0.15, 0.2) is 6.61 Å². The van der Waals surface area contributed by atoms with E-state index in [1.165, 1.54) is 6.07 Å². The molecule has 0 aliphatic rings. The Labute approximate surface area is 119 Å². The topological polar surface area (TPSA) is 61.6 Å². The van der Waals surface area contributed by atoms with Crippen LogP contribution in [0.1, 0.15) is 25.8 Å². The molecule has 21 heavy (non-hydrogen) atoms. The number of benzene rings is 1. The first-order chi connectivity index (χ1) is 9.78. The summed E-state index contributed by atoms with van der Waals surface area (Å²) in [7, 11) is 0. The van der Waals surface area contributed by atoms with Crippen LogP contribution in [0.5, 0.6) is 11.5 Å². The van der Waals surface area contributed by atoms with Crippen LogP contribution in [0.25, 0.3) is 0 Å². The van der Waals surface area contributed by atoms with Gasteiger partial charge < -0.3 is 9.47 Å². The number of nitro groups is 1. The zero-order valence-corrected chi connectivity index (χ0v) is 11.7. The molecule has 0 unspecified atom stereocenters. The number of rotatable bonds is 7. The van der Waals surface area contributed by atoms with E-state index < -0.39 is 29.1 Å². The molecular formula is C13H16F3NO4. The third kappa shape index (κ3) is 5.13. The van der Waals surface area contributed by atoms with E-state index in [1.807, 2.05) is 6.92 Å². The molecule has 0 radical (unpaired) electrons. The van der Waals surface area contributed by atoms with Crippen molar-refractivity contribution in [3.63, 3.8) is 0 Å². The molecule has 0 aliphatic carbocycles. The molecule has 118 valence electrons. The van der Waals surface area contributed by atoms with Gasteiger partial charge in [0.1, 0.15) is 5.75 Å². The highest BCUT2D eigenvalue weighted by atomic mass is 19.4. The van der Waals surface area contributed by atoms with E-state index in [-0.39, 0.29) is 0 Å². The van der Waals surface area contributed by atoms with Gasteiger partial charge in [0.2, 0.25) is 5.75 Å². The van der Waals surface area contributed by atoms with E-state index in [0.717, 1.165) is 12.5 Å². The molecule has 0 aromatic heterocycles. The maximum atomic E-state index is 12.2. The van der Waals surface area contributed by atoms with Crippen LogP contribution in [-0.2, 0) is 6.42 Å². The molecule has 0 fully saturated rings. The highest BCUT2D eigenvalue weighted by molar-refractivity contribution is 5.55. The van der Waals surface area contributed by atoms with Gasteiger partial charge >= 0.3 is 11.9 Å². The standard InChI is InChI=1S/C13H16F3NO4/c1-3-5-9-6-10(17(18)19)12(7-11(9)20-4-2)21-8-13(14,15)16/h6-7H,3-5,8H2,1-2H3. The maximum Gasteiger partial charge on any atom is 0.422 e. The number of ether oxygens (including phenoxy) is 2. The first kappa shape index (κ1) is 17.1. The average molecular weight is 307 g/mol. The Bertz CT molecular complexity index is 503.